The Bertz CT molecular complexity index is 1210. The first-order valence-electron chi connectivity index (χ1n) is 11.1. The number of terminal acetylenes is 1. The zero-order valence-corrected chi connectivity index (χ0v) is 20.2. The van der Waals surface area contributed by atoms with Gasteiger partial charge in [0.15, 0.2) is 0 Å². The Labute approximate surface area is 199 Å². The van der Waals surface area contributed by atoms with Crippen LogP contribution in [0.25, 0.3) is 5.69 Å². The molecule has 0 aliphatic heterocycles. The summed E-state index contributed by atoms with van der Waals surface area (Å²) in [5.74, 6) is 5.01. The Kier molecular flexibility index (Phi) is 6.62. The fourth-order valence-corrected chi connectivity index (χ4v) is 4.34. The molecule has 1 aliphatic rings. The molecule has 1 aliphatic carbocycles. The van der Waals surface area contributed by atoms with Crippen LogP contribution in [0, 0.1) is 44.9 Å². The highest BCUT2D eigenvalue weighted by atomic mass is 35.5. The van der Waals surface area contributed by atoms with Crippen LogP contribution in [-0.2, 0) is 0 Å². The van der Waals surface area contributed by atoms with E-state index < -0.39 is 0 Å². The van der Waals surface area contributed by atoms with E-state index in [1.807, 2.05) is 36.9 Å². The van der Waals surface area contributed by atoms with Crippen molar-refractivity contribution in [2.75, 3.05) is 18.6 Å². The van der Waals surface area contributed by atoms with Crippen LogP contribution in [0.3, 0.4) is 0 Å². The molecule has 0 radical (unpaired) electrons. The van der Waals surface area contributed by atoms with Crippen LogP contribution in [-0.4, -0.2) is 28.4 Å². The van der Waals surface area contributed by atoms with Crippen molar-refractivity contribution >= 4 is 17.5 Å². The summed E-state index contributed by atoms with van der Waals surface area (Å²) in [6.07, 6.45) is 8.98. The molecular weight excluding hydrogens is 439 g/mol. The van der Waals surface area contributed by atoms with Crippen LogP contribution >= 0.6 is 11.6 Å². The first-order valence-corrected chi connectivity index (χ1v) is 11.4. The SMILES string of the molecule is C#CCN(c1nc(C)n(-c2cc(C)c(OC)cc2Cl)n1)C(CC1CC1)c1ccc(C)c(F)c1. The number of ether oxygens (including phenoxy) is 1. The minimum absolute atomic E-state index is 0.119. The van der Waals surface area contributed by atoms with Gasteiger partial charge in [-0.05, 0) is 61.9 Å². The average molecular weight is 467 g/mol. The lowest BCUT2D eigenvalue weighted by molar-refractivity contribution is 0.411. The Morgan fingerprint density at radius 2 is 2.00 bits per heavy atom. The number of halogens is 2. The van der Waals surface area contributed by atoms with E-state index >= 15 is 0 Å². The van der Waals surface area contributed by atoms with Crippen molar-refractivity contribution in [1.82, 2.24) is 14.8 Å². The van der Waals surface area contributed by atoms with Gasteiger partial charge in [-0.15, -0.1) is 11.5 Å². The number of aromatic nitrogens is 3. The van der Waals surface area contributed by atoms with Crippen LogP contribution in [0.2, 0.25) is 5.02 Å². The van der Waals surface area contributed by atoms with E-state index in [1.54, 1.807) is 30.8 Å². The molecule has 1 fully saturated rings. The van der Waals surface area contributed by atoms with Crippen LogP contribution in [0.1, 0.15) is 47.8 Å². The lowest BCUT2D eigenvalue weighted by atomic mass is 9.98. The molecule has 7 heteroatoms. The summed E-state index contributed by atoms with van der Waals surface area (Å²) in [4.78, 5) is 6.73. The fourth-order valence-electron chi connectivity index (χ4n) is 4.10. The van der Waals surface area contributed by atoms with Gasteiger partial charge in [0.25, 0.3) is 0 Å². The van der Waals surface area contributed by atoms with E-state index in [9.17, 15) is 4.39 Å². The molecule has 0 spiro atoms. The van der Waals surface area contributed by atoms with Gasteiger partial charge in [-0.1, -0.05) is 42.5 Å². The van der Waals surface area contributed by atoms with Crippen molar-refractivity contribution in [1.29, 1.82) is 0 Å². The highest BCUT2D eigenvalue weighted by Gasteiger charge is 2.32. The summed E-state index contributed by atoms with van der Waals surface area (Å²) in [6, 6.07) is 8.98. The van der Waals surface area contributed by atoms with Crippen LogP contribution < -0.4 is 9.64 Å². The largest absolute Gasteiger partial charge is 0.496 e. The normalized spacial score (nSPS) is 14.1. The maximum absolute atomic E-state index is 14.5. The second-order valence-electron chi connectivity index (χ2n) is 8.68. The summed E-state index contributed by atoms with van der Waals surface area (Å²) in [5.41, 5.74) is 3.16. The van der Waals surface area contributed by atoms with Gasteiger partial charge < -0.3 is 9.64 Å². The van der Waals surface area contributed by atoms with Gasteiger partial charge in [-0.2, -0.15) is 4.98 Å². The molecule has 1 unspecified atom stereocenters. The predicted octanol–water partition coefficient (Wildman–Crippen LogP) is 5.97. The zero-order chi connectivity index (χ0) is 23.7. The van der Waals surface area contributed by atoms with Crippen molar-refractivity contribution < 1.29 is 9.13 Å². The molecule has 0 N–H and O–H groups in total. The molecule has 3 aromatic rings. The smallest absolute Gasteiger partial charge is 0.246 e. The van der Waals surface area contributed by atoms with Crippen molar-refractivity contribution in [2.45, 2.75) is 46.1 Å². The number of anilines is 1. The minimum Gasteiger partial charge on any atom is -0.496 e. The fraction of sp³-hybridized carbons (Fsp3) is 0.385. The Balaban J connectivity index is 1.76. The molecule has 1 atom stereocenters. The predicted molar refractivity (Wildman–Crippen MR) is 130 cm³/mol. The van der Waals surface area contributed by atoms with Crippen molar-refractivity contribution in [3.63, 3.8) is 0 Å². The minimum atomic E-state index is -0.218. The second kappa shape index (κ2) is 9.44. The third-order valence-electron chi connectivity index (χ3n) is 6.18. The van der Waals surface area contributed by atoms with Gasteiger partial charge in [0.05, 0.1) is 30.4 Å². The van der Waals surface area contributed by atoms with Crippen LogP contribution in [0.4, 0.5) is 10.3 Å². The van der Waals surface area contributed by atoms with Crippen molar-refractivity contribution in [3.8, 4) is 23.8 Å². The molecule has 5 nitrogen and oxygen atoms in total. The molecule has 0 bridgehead atoms. The van der Waals surface area contributed by atoms with Gasteiger partial charge in [0.1, 0.15) is 17.4 Å². The number of hydrogen-bond acceptors (Lipinski definition) is 4. The van der Waals surface area contributed by atoms with E-state index in [0.29, 0.717) is 46.3 Å². The van der Waals surface area contributed by atoms with Gasteiger partial charge in [0.2, 0.25) is 5.95 Å². The molecule has 0 amide bonds. The van der Waals surface area contributed by atoms with E-state index in [0.717, 1.165) is 17.5 Å². The van der Waals surface area contributed by atoms with E-state index in [2.05, 4.69) is 5.92 Å². The molecule has 2 aromatic carbocycles. The number of hydrogen-bond donors (Lipinski definition) is 0. The number of methoxy groups -OCH3 is 1. The van der Waals surface area contributed by atoms with Crippen molar-refractivity contribution in [3.05, 3.63) is 63.7 Å². The van der Waals surface area contributed by atoms with Gasteiger partial charge in [-0.25, -0.2) is 9.07 Å². The molecule has 172 valence electrons. The first-order chi connectivity index (χ1) is 15.8. The molecular formula is C26H28ClFN4O. The van der Waals surface area contributed by atoms with Crippen molar-refractivity contribution in [2.24, 2.45) is 5.92 Å². The quantitative estimate of drug-likeness (QED) is 0.383. The number of rotatable bonds is 8. The molecule has 33 heavy (non-hydrogen) atoms. The topological polar surface area (TPSA) is 43.2 Å². The molecule has 0 saturated heterocycles. The third-order valence-corrected chi connectivity index (χ3v) is 6.48. The lowest BCUT2D eigenvalue weighted by Crippen LogP contribution is -2.31. The Morgan fingerprint density at radius 1 is 1.24 bits per heavy atom. The average Bonchev–Trinajstić information content (AvgIpc) is 3.53. The monoisotopic (exact) mass is 466 g/mol. The summed E-state index contributed by atoms with van der Waals surface area (Å²) < 4.78 is 21.6. The third kappa shape index (κ3) is 4.84. The van der Waals surface area contributed by atoms with Gasteiger partial charge in [0, 0.05) is 6.07 Å². The maximum atomic E-state index is 14.5. The van der Waals surface area contributed by atoms with Crippen LogP contribution in [0.15, 0.2) is 30.3 Å². The van der Waals surface area contributed by atoms with E-state index in [-0.39, 0.29) is 11.9 Å². The highest BCUT2D eigenvalue weighted by Crippen LogP contribution is 2.41. The van der Waals surface area contributed by atoms with E-state index in [1.165, 1.54) is 12.8 Å². The lowest BCUT2D eigenvalue weighted by Gasteiger charge is -2.30. The number of benzene rings is 2. The van der Waals surface area contributed by atoms with Gasteiger partial charge in [-0.3, -0.25) is 0 Å². The van der Waals surface area contributed by atoms with Crippen LogP contribution in [0.5, 0.6) is 5.75 Å². The second-order valence-corrected chi connectivity index (χ2v) is 9.09. The standard InChI is InChI=1S/C26H28ClFN4O/c1-6-11-31(23(13-19-8-9-19)20-10-7-16(2)22(28)14-20)26-29-18(4)32(30-26)24-12-17(3)25(33-5)15-21(24)27/h1,7,10,12,14-15,19,23H,8-9,11,13H2,2-5H3. The van der Waals surface area contributed by atoms with E-state index in [4.69, 9.17) is 32.8 Å². The number of aryl methyl sites for hydroxylation is 3. The summed E-state index contributed by atoms with van der Waals surface area (Å²) in [6.45, 7) is 5.91. The Morgan fingerprint density at radius 3 is 2.64 bits per heavy atom. The first kappa shape index (κ1) is 23.1. The summed E-state index contributed by atoms with van der Waals surface area (Å²) in [7, 11) is 1.61. The zero-order valence-electron chi connectivity index (χ0n) is 19.4. The Hall–Kier alpha value is -3.04. The maximum Gasteiger partial charge on any atom is 0.246 e. The molecule has 1 aromatic heterocycles. The molecule has 1 heterocycles. The molecule has 4 rings (SSSR count). The molecule has 1 saturated carbocycles. The summed E-state index contributed by atoms with van der Waals surface area (Å²) in [5, 5.41) is 5.30. The highest BCUT2D eigenvalue weighted by molar-refractivity contribution is 6.32. The number of nitrogens with zero attached hydrogens (tertiary/aromatic N) is 4. The summed E-state index contributed by atoms with van der Waals surface area (Å²) >= 11 is 6.55. The van der Waals surface area contributed by atoms with Gasteiger partial charge >= 0.3 is 0 Å².